The second-order valence-electron chi connectivity index (χ2n) is 9.71. The number of unbranched alkanes of at least 4 members (excludes halogenated alkanes) is 1. The van der Waals surface area contributed by atoms with E-state index in [-0.39, 0.29) is 17.5 Å². The van der Waals surface area contributed by atoms with Crippen LogP contribution >= 0.6 is 0 Å². The van der Waals surface area contributed by atoms with Crippen LogP contribution in [0.15, 0.2) is 41.3 Å². The average Bonchev–Trinajstić information content (AvgIpc) is 3.20. The van der Waals surface area contributed by atoms with Crippen molar-refractivity contribution >= 4 is 22.8 Å². The normalized spacial score (nSPS) is 14.4. The maximum atomic E-state index is 13.5. The van der Waals surface area contributed by atoms with E-state index in [1.165, 1.54) is 25.0 Å². The summed E-state index contributed by atoms with van der Waals surface area (Å²) in [5.41, 5.74) is 7.74. The monoisotopic (exact) mass is 512 g/mol. The molecule has 1 amide bonds. The molecule has 1 aliphatic rings. The topological polar surface area (TPSA) is 100 Å². The van der Waals surface area contributed by atoms with Gasteiger partial charge >= 0.3 is 5.69 Å². The smallest absolute Gasteiger partial charge is 0.326 e. The van der Waals surface area contributed by atoms with Crippen molar-refractivity contribution in [2.24, 2.45) is 5.92 Å². The average molecular weight is 513 g/mol. The summed E-state index contributed by atoms with van der Waals surface area (Å²) in [5, 5.41) is 0. The Balaban J connectivity index is 0.000000886. The van der Waals surface area contributed by atoms with Gasteiger partial charge in [0.05, 0.1) is 11.0 Å². The molecule has 0 bridgehead atoms. The number of hydrogen-bond donors (Lipinski definition) is 2. The number of pyridine rings is 1. The molecule has 3 N–H and O–H groups in total. The molecule has 4 rings (SSSR count). The van der Waals surface area contributed by atoms with Crippen LogP contribution in [0.3, 0.4) is 0 Å². The first-order valence-electron chi connectivity index (χ1n) is 13.5. The number of H-pyrrole nitrogens is 1. The van der Waals surface area contributed by atoms with E-state index < -0.39 is 5.82 Å². The van der Waals surface area contributed by atoms with Gasteiger partial charge in [-0.3, -0.25) is 14.3 Å². The minimum Gasteiger partial charge on any atom is -0.384 e. The molecule has 37 heavy (non-hydrogen) atoms. The zero-order chi connectivity index (χ0) is 26.8. The molecule has 1 fully saturated rings. The molecule has 3 aromatic rings. The summed E-state index contributed by atoms with van der Waals surface area (Å²) in [6, 6.07) is 8.12. The Morgan fingerprint density at radius 2 is 1.84 bits per heavy atom. The predicted molar refractivity (Wildman–Crippen MR) is 147 cm³/mol. The fourth-order valence-corrected chi connectivity index (χ4v) is 4.63. The van der Waals surface area contributed by atoms with Crippen molar-refractivity contribution < 1.29 is 9.18 Å². The van der Waals surface area contributed by atoms with Gasteiger partial charge < -0.3 is 15.6 Å². The molecule has 202 valence electrons. The Bertz CT molecular complexity index is 1200. The third-order valence-electron chi connectivity index (χ3n) is 6.82. The van der Waals surface area contributed by atoms with Gasteiger partial charge in [0, 0.05) is 38.3 Å². The molecule has 9 heteroatoms. The number of nitrogens with one attached hydrogen (secondary N) is 1. The zero-order valence-corrected chi connectivity index (χ0v) is 22.4. The number of carbonyl (C=O) groups is 1. The van der Waals surface area contributed by atoms with Gasteiger partial charge in [-0.15, -0.1) is 0 Å². The van der Waals surface area contributed by atoms with Gasteiger partial charge in [-0.05, 0) is 68.2 Å². The Hall–Kier alpha value is -3.20. The van der Waals surface area contributed by atoms with Crippen molar-refractivity contribution in [3.8, 4) is 0 Å². The van der Waals surface area contributed by atoms with Crippen molar-refractivity contribution in [3.05, 3.63) is 58.4 Å². The van der Waals surface area contributed by atoms with E-state index >= 15 is 0 Å². The van der Waals surface area contributed by atoms with Gasteiger partial charge in [-0.2, -0.15) is 0 Å². The molecule has 3 heterocycles. The van der Waals surface area contributed by atoms with Crippen molar-refractivity contribution in [1.29, 1.82) is 0 Å². The highest BCUT2D eigenvalue weighted by molar-refractivity contribution is 5.79. The highest BCUT2D eigenvalue weighted by Gasteiger charge is 2.28. The van der Waals surface area contributed by atoms with Crippen LogP contribution < -0.4 is 11.4 Å². The Morgan fingerprint density at radius 1 is 1.11 bits per heavy atom. The SMILES string of the molecule is CCCC.CCCN(CCn1c(=O)[nH]c2cc(F)ccc21)C(=O)C1CCN(Cc2ccnc(N)c2)CC1. The number of rotatable bonds is 9. The van der Waals surface area contributed by atoms with Gasteiger partial charge in [-0.1, -0.05) is 33.6 Å². The molecule has 1 aliphatic heterocycles. The number of hydrogen-bond acceptors (Lipinski definition) is 5. The second kappa shape index (κ2) is 13.9. The van der Waals surface area contributed by atoms with Crippen LogP contribution in [0.1, 0.15) is 58.4 Å². The van der Waals surface area contributed by atoms with Crippen LogP contribution in [-0.4, -0.2) is 56.4 Å². The summed E-state index contributed by atoms with van der Waals surface area (Å²) >= 11 is 0. The van der Waals surface area contributed by atoms with Gasteiger partial charge in [-0.25, -0.2) is 14.2 Å². The van der Waals surface area contributed by atoms with Gasteiger partial charge in [0.15, 0.2) is 0 Å². The summed E-state index contributed by atoms with van der Waals surface area (Å²) in [5.74, 6) is 0.275. The fourth-order valence-electron chi connectivity index (χ4n) is 4.63. The first-order valence-corrected chi connectivity index (χ1v) is 13.5. The van der Waals surface area contributed by atoms with Crippen LogP contribution in [0.25, 0.3) is 11.0 Å². The van der Waals surface area contributed by atoms with Crippen LogP contribution in [-0.2, 0) is 17.9 Å². The van der Waals surface area contributed by atoms with E-state index in [0.29, 0.717) is 36.5 Å². The summed E-state index contributed by atoms with van der Waals surface area (Å²) in [6.07, 6.45) is 6.83. The predicted octanol–water partition coefficient (Wildman–Crippen LogP) is 4.40. The lowest BCUT2D eigenvalue weighted by Crippen LogP contribution is -2.44. The molecule has 0 radical (unpaired) electrons. The maximum Gasteiger partial charge on any atom is 0.326 e. The number of aromatic amines is 1. The number of nitrogens with zero attached hydrogens (tertiary/aromatic N) is 4. The number of benzene rings is 1. The molecule has 1 aromatic carbocycles. The zero-order valence-electron chi connectivity index (χ0n) is 22.4. The standard InChI is InChI=1S/C24H31FN6O2.C4H10/c1-2-9-30(12-13-31-21-4-3-19(25)15-20(21)28-24(31)33)23(32)18-6-10-29(11-7-18)16-17-5-8-27-22(26)14-17;1-3-4-2/h3-5,8,14-15,18H,2,6-7,9-13,16H2,1H3,(H2,26,27)(H,28,33);3-4H2,1-2H3. The number of carbonyl (C=O) groups excluding carboxylic acids is 1. The Labute approximate surface area is 218 Å². The second-order valence-corrected chi connectivity index (χ2v) is 9.71. The van der Waals surface area contributed by atoms with Crippen molar-refractivity contribution in [3.63, 3.8) is 0 Å². The molecule has 8 nitrogen and oxygen atoms in total. The first kappa shape index (κ1) is 28.4. The van der Waals surface area contributed by atoms with E-state index in [1.54, 1.807) is 16.8 Å². The lowest BCUT2D eigenvalue weighted by atomic mass is 9.94. The molecule has 1 saturated heterocycles. The molecule has 0 aliphatic carbocycles. The van der Waals surface area contributed by atoms with Crippen LogP contribution in [0, 0.1) is 11.7 Å². The maximum absolute atomic E-state index is 13.5. The third kappa shape index (κ3) is 7.89. The van der Waals surface area contributed by atoms with Crippen LogP contribution in [0.5, 0.6) is 0 Å². The number of fused-ring (bicyclic) bond motifs is 1. The summed E-state index contributed by atoms with van der Waals surface area (Å²) in [4.78, 5) is 36.6. The highest BCUT2D eigenvalue weighted by atomic mass is 19.1. The number of anilines is 1. The first-order chi connectivity index (χ1) is 17.9. The number of piperidine rings is 1. The summed E-state index contributed by atoms with van der Waals surface area (Å²) < 4.78 is 15.1. The van der Waals surface area contributed by atoms with E-state index in [4.69, 9.17) is 5.73 Å². The van der Waals surface area contributed by atoms with Crippen molar-refractivity contribution in [2.45, 2.75) is 66.0 Å². The van der Waals surface area contributed by atoms with E-state index in [1.807, 2.05) is 24.0 Å². The fraction of sp³-hybridized carbons (Fsp3) is 0.536. The molecule has 2 aromatic heterocycles. The Kier molecular flexibility index (Phi) is 10.7. The minimum atomic E-state index is -0.391. The van der Waals surface area contributed by atoms with E-state index in [9.17, 15) is 14.0 Å². The van der Waals surface area contributed by atoms with Gasteiger partial charge in [0.2, 0.25) is 5.91 Å². The molecule has 0 unspecified atom stereocenters. The van der Waals surface area contributed by atoms with Gasteiger partial charge in [0.1, 0.15) is 11.6 Å². The van der Waals surface area contributed by atoms with E-state index in [2.05, 4.69) is 28.7 Å². The molecule has 0 atom stereocenters. The van der Waals surface area contributed by atoms with Crippen LogP contribution in [0.4, 0.5) is 10.2 Å². The summed E-state index contributed by atoms with van der Waals surface area (Å²) in [6.45, 7) is 10.4. The minimum absolute atomic E-state index is 0.0101. The molecule has 0 spiro atoms. The highest BCUT2D eigenvalue weighted by Crippen LogP contribution is 2.22. The number of nitrogens with two attached hydrogens (primary N) is 1. The van der Waals surface area contributed by atoms with Crippen LogP contribution in [0.2, 0.25) is 0 Å². The van der Waals surface area contributed by atoms with Crippen molar-refractivity contribution in [2.75, 3.05) is 31.9 Å². The lowest BCUT2D eigenvalue weighted by molar-refractivity contribution is -0.137. The third-order valence-corrected chi connectivity index (χ3v) is 6.82. The lowest BCUT2D eigenvalue weighted by Gasteiger charge is -2.34. The van der Waals surface area contributed by atoms with E-state index in [0.717, 1.165) is 44.5 Å². The quantitative estimate of drug-likeness (QED) is 0.443. The number of likely N-dealkylation sites (tertiary alicyclic amines) is 1. The number of nitrogen functional groups attached to an aromatic ring is 1. The van der Waals surface area contributed by atoms with Crippen molar-refractivity contribution in [1.82, 2.24) is 24.3 Å². The summed E-state index contributed by atoms with van der Waals surface area (Å²) in [7, 11) is 0. The number of imidazole rings is 1. The molecular weight excluding hydrogens is 471 g/mol. The van der Waals surface area contributed by atoms with Gasteiger partial charge in [0.25, 0.3) is 0 Å². The number of halogens is 1. The Morgan fingerprint density at radius 3 is 2.49 bits per heavy atom. The molecule has 0 saturated carbocycles. The largest absolute Gasteiger partial charge is 0.384 e. The number of aromatic nitrogens is 3. The number of amides is 1. The molecular formula is C28H41FN6O2.